The Morgan fingerprint density at radius 2 is 2.26 bits per heavy atom. The average Bonchev–Trinajstić information content (AvgIpc) is 2.81. The van der Waals surface area contributed by atoms with Crippen molar-refractivity contribution in [1.29, 1.82) is 0 Å². The number of guanidine groups is 1. The molecule has 1 heterocycles. The second kappa shape index (κ2) is 6.27. The van der Waals surface area contributed by atoms with E-state index in [2.05, 4.69) is 46.9 Å². The molecule has 0 bridgehead atoms. The van der Waals surface area contributed by atoms with Gasteiger partial charge in [-0.15, -0.1) is 0 Å². The summed E-state index contributed by atoms with van der Waals surface area (Å²) < 4.78 is 0. The van der Waals surface area contributed by atoms with E-state index in [1.807, 2.05) is 0 Å². The molecule has 0 spiro atoms. The van der Waals surface area contributed by atoms with Gasteiger partial charge in [0.05, 0.1) is 0 Å². The van der Waals surface area contributed by atoms with E-state index in [9.17, 15) is 0 Å². The van der Waals surface area contributed by atoms with Crippen LogP contribution in [0.4, 0.5) is 0 Å². The molecule has 3 N–H and O–H groups in total. The lowest BCUT2D eigenvalue weighted by Gasteiger charge is -2.16. The molecule has 0 aliphatic carbocycles. The zero-order valence-corrected chi connectivity index (χ0v) is 11.5. The number of aryl methyl sites for hydroxylation is 1. The highest BCUT2D eigenvalue weighted by atomic mass is 15.3. The van der Waals surface area contributed by atoms with Gasteiger partial charge in [-0.25, -0.2) is 0 Å². The predicted octanol–water partition coefficient (Wildman–Crippen LogP) is 1.75. The number of hydrogen-bond acceptors (Lipinski definition) is 2. The number of nitrogens with zero attached hydrogens (tertiary/aromatic N) is 2. The summed E-state index contributed by atoms with van der Waals surface area (Å²) in [6.45, 7) is 9.11. The lowest BCUT2D eigenvalue weighted by atomic mass is 10.1. The first kappa shape index (κ1) is 13.5. The van der Waals surface area contributed by atoms with Crippen LogP contribution in [0.1, 0.15) is 23.1 Å². The molecule has 0 fully saturated rings. The number of nitrogens with one attached hydrogen (secondary N) is 1. The molecule has 1 aliphatic heterocycles. The van der Waals surface area contributed by atoms with Gasteiger partial charge in [-0.2, -0.15) is 0 Å². The van der Waals surface area contributed by atoms with Gasteiger partial charge in [0, 0.05) is 26.2 Å². The molecule has 4 nitrogen and oxygen atoms in total. The molecule has 0 amide bonds. The van der Waals surface area contributed by atoms with E-state index in [-0.39, 0.29) is 0 Å². The summed E-state index contributed by atoms with van der Waals surface area (Å²) >= 11 is 0. The molecule has 0 unspecified atom stereocenters. The van der Waals surface area contributed by atoms with Crippen LogP contribution in [0.15, 0.2) is 36.0 Å². The molecular formula is C15H22N4. The summed E-state index contributed by atoms with van der Waals surface area (Å²) in [5, 5.41) is 3.05. The van der Waals surface area contributed by atoms with Crippen LogP contribution < -0.4 is 11.1 Å². The molecule has 19 heavy (non-hydrogen) atoms. The van der Waals surface area contributed by atoms with E-state index < -0.39 is 0 Å². The topological polar surface area (TPSA) is 53.6 Å². The molecule has 1 aliphatic rings. The number of benzene rings is 1. The first-order chi connectivity index (χ1) is 9.20. The Bertz CT molecular complexity index is 479. The fourth-order valence-corrected chi connectivity index (χ4v) is 2.26. The second-order valence-electron chi connectivity index (χ2n) is 4.88. The van der Waals surface area contributed by atoms with Crippen molar-refractivity contribution in [3.8, 4) is 0 Å². The fraction of sp³-hybridized carbons (Fsp3) is 0.400. The predicted molar refractivity (Wildman–Crippen MR) is 79.7 cm³/mol. The monoisotopic (exact) mass is 258 g/mol. The third kappa shape index (κ3) is 3.50. The highest BCUT2D eigenvalue weighted by molar-refractivity contribution is 5.78. The van der Waals surface area contributed by atoms with E-state index in [4.69, 9.17) is 5.73 Å². The van der Waals surface area contributed by atoms with Crippen LogP contribution in [0.3, 0.4) is 0 Å². The van der Waals surface area contributed by atoms with Crippen molar-refractivity contribution in [3.63, 3.8) is 0 Å². The van der Waals surface area contributed by atoms with Crippen molar-refractivity contribution in [2.75, 3.05) is 13.1 Å². The highest BCUT2D eigenvalue weighted by Gasteiger charge is 2.19. The summed E-state index contributed by atoms with van der Waals surface area (Å²) in [5.74, 6) is 0.646. The maximum atomic E-state index is 6.05. The van der Waals surface area contributed by atoms with E-state index >= 15 is 0 Å². The van der Waals surface area contributed by atoms with Gasteiger partial charge in [0.25, 0.3) is 0 Å². The van der Waals surface area contributed by atoms with Crippen molar-refractivity contribution in [2.24, 2.45) is 10.7 Å². The first-order valence-electron chi connectivity index (χ1n) is 6.68. The lowest BCUT2D eigenvalue weighted by molar-refractivity contribution is 0.439. The molecule has 0 radical (unpaired) electrons. The Morgan fingerprint density at radius 1 is 1.47 bits per heavy atom. The third-order valence-electron chi connectivity index (χ3n) is 3.31. The van der Waals surface area contributed by atoms with Gasteiger partial charge in [0.1, 0.15) is 0 Å². The molecule has 1 aromatic rings. The van der Waals surface area contributed by atoms with Crippen molar-refractivity contribution in [2.45, 2.75) is 26.4 Å². The normalized spacial score (nSPS) is 14.4. The number of fused-ring (bicyclic) bond motifs is 1. The lowest BCUT2D eigenvalue weighted by Crippen LogP contribution is -2.33. The van der Waals surface area contributed by atoms with Gasteiger partial charge in [-0.3, -0.25) is 4.99 Å². The van der Waals surface area contributed by atoms with Gasteiger partial charge in [-0.1, -0.05) is 30.3 Å². The van der Waals surface area contributed by atoms with Crippen molar-refractivity contribution >= 4 is 5.96 Å². The van der Waals surface area contributed by atoms with Crippen LogP contribution in [-0.2, 0) is 13.1 Å². The maximum absolute atomic E-state index is 6.05. The summed E-state index contributed by atoms with van der Waals surface area (Å²) in [4.78, 5) is 6.56. The quantitative estimate of drug-likeness (QED) is 0.480. The molecule has 2 rings (SSSR count). The van der Waals surface area contributed by atoms with Crippen LogP contribution in [0.25, 0.3) is 0 Å². The minimum atomic E-state index is 0.646. The van der Waals surface area contributed by atoms with Gasteiger partial charge < -0.3 is 16.0 Å². The van der Waals surface area contributed by atoms with E-state index in [1.165, 1.54) is 16.7 Å². The molecular weight excluding hydrogens is 236 g/mol. The third-order valence-corrected chi connectivity index (χ3v) is 3.31. The van der Waals surface area contributed by atoms with E-state index in [1.54, 1.807) is 6.20 Å². The zero-order valence-electron chi connectivity index (χ0n) is 11.5. The fourth-order valence-electron chi connectivity index (χ4n) is 2.26. The number of aliphatic imine (C=N–C) groups is 1. The molecule has 102 valence electrons. The highest BCUT2D eigenvalue weighted by Crippen LogP contribution is 2.23. The Balaban J connectivity index is 1.87. The summed E-state index contributed by atoms with van der Waals surface area (Å²) in [6, 6.07) is 6.57. The van der Waals surface area contributed by atoms with Crippen molar-refractivity contribution < 1.29 is 0 Å². The summed E-state index contributed by atoms with van der Waals surface area (Å²) in [5.41, 5.74) is 10.1. The van der Waals surface area contributed by atoms with Crippen LogP contribution in [-0.4, -0.2) is 23.9 Å². The van der Waals surface area contributed by atoms with Gasteiger partial charge in [0.2, 0.25) is 0 Å². The largest absolute Gasteiger partial charge is 0.391 e. The SMILES string of the molecule is C=CNCCCN=C(N)N1Cc2ccc(C)cc2C1. The average molecular weight is 258 g/mol. The van der Waals surface area contributed by atoms with Crippen LogP contribution in [0, 0.1) is 6.92 Å². The van der Waals surface area contributed by atoms with E-state index in [0.717, 1.165) is 32.6 Å². The summed E-state index contributed by atoms with van der Waals surface area (Å²) in [6.07, 6.45) is 2.67. The molecule has 0 atom stereocenters. The number of rotatable bonds is 5. The number of hydrogen-bond donors (Lipinski definition) is 2. The second-order valence-corrected chi connectivity index (χ2v) is 4.88. The number of nitrogens with two attached hydrogens (primary N) is 1. The van der Waals surface area contributed by atoms with Gasteiger partial charge in [0.15, 0.2) is 5.96 Å². The van der Waals surface area contributed by atoms with Crippen LogP contribution in [0.2, 0.25) is 0 Å². The van der Waals surface area contributed by atoms with Crippen LogP contribution in [0.5, 0.6) is 0 Å². The summed E-state index contributed by atoms with van der Waals surface area (Å²) in [7, 11) is 0. The van der Waals surface area contributed by atoms with Crippen LogP contribution >= 0.6 is 0 Å². The molecule has 4 heteroatoms. The maximum Gasteiger partial charge on any atom is 0.191 e. The van der Waals surface area contributed by atoms with Crippen molar-refractivity contribution in [3.05, 3.63) is 47.7 Å². The minimum absolute atomic E-state index is 0.646. The Labute approximate surface area is 115 Å². The molecule has 0 aromatic heterocycles. The standard InChI is InChI=1S/C15H22N4/c1-3-17-7-4-8-18-15(16)19-10-13-6-5-12(2)9-14(13)11-19/h3,5-6,9,17H,1,4,7-8,10-11H2,2H3,(H2,16,18). The zero-order chi connectivity index (χ0) is 13.7. The van der Waals surface area contributed by atoms with Gasteiger partial charge in [-0.05, 0) is 30.7 Å². The Kier molecular flexibility index (Phi) is 4.44. The molecule has 0 saturated carbocycles. The molecule has 1 aromatic carbocycles. The smallest absolute Gasteiger partial charge is 0.191 e. The van der Waals surface area contributed by atoms with Crippen molar-refractivity contribution in [1.82, 2.24) is 10.2 Å². The first-order valence-corrected chi connectivity index (χ1v) is 6.68. The Hall–Kier alpha value is -1.97. The minimum Gasteiger partial charge on any atom is -0.391 e. The van der Waals surface area contributed by atoms with Gasteiger partial charge >= 0.3 is 0 Å². The molecule has 0 saturated heterocycles. The van der Waals surface area contributed by atoms with E-state index in [0.29, 0.717) is 5.96 Å². The Morgan fingerprint density at radius 3 is 3.05 bits per heavy atom.